The second-order valence-electron chi connectivity index (χ2n) is 10.2. The van der Waals surface area contributed by atoms with E-state index in [2.05, 4.69) is 31.1 Å². The maximum atomic E-state index is 15.8. The summed E-state index contributed by atoms with van der Waals surface area (Å²) in [5.74, 6) is -2.58. The molecule has 2 fully saturated rings. The Morgan fingerprint density at radius 1 is 1.17 bits per heavy atom. The monoisotopic (exact) mass is 564 g/mol. The van der Waals surface area contributed by atoms with Gasteiger partial charge in [0.25, 0.3) is 11.5 Å². The zero-order chi connectivity index (χ0) is 25.8. The van der Waals surface area contributed by atoms with E-state index in [-0.39, 0.29) is 23.1 Å². The van der Waals surface area contributed by atoms with Crippen LogP contribution in [-0.2, 0) is 13.0 Å². The highest BCUT2D eigenvalue weighted by Crippen LogP contribution is 2.42. The van der Waals surface area contributed by atoms with Crippen LogP contribution in [-0.4, -0.2) is 59.5 Å². The second kappa shape index (κ2) is 9.42. The molecule has 11 heteroatoms. The molecule has 0 radical (unpaired) electrons. The van der Waals surface area contributed by atoms with Crippen molar-refractivity contribution in [2.45, 2.75) is 38.5 Å². The van der Waals surface area contributed by atoms with Gasteiger partial charge in [0.05, 0.1) is 6.54 Å². The first-order chi connectivity index (χ1) is 17.1. The number of anilines is 2. The number of rotatable bonds is 6. The lowest BCUT2D eigenvalue weighted by molar-refractivity contribution is -0.00159. The van der Waals surface area contributed by atoms with Crippen LogP contribution in [0, 0.1) is 5.92 Å². The first kappa shape index (κ1) is 25.2. The molecule has 3 atom stereocenters. The lowest BCUT2D eigenvalue weighted by Gasteiger charge is -2.40. The average Bonchev–Trinajstić information content (AvgIpc) is 3.48. The van der Waals surface area contributed by atoms with Crippen LogP contribution in [0.3, 0.4) is 0 Å². The Kier molecular flexibility index (Phi) is 6.59. The Labute approximate surface area is 216 Å². The Bertz CT molecular complexity index is 1270. The minimum absolute atomic E-state index is 0.122. The third-order valence-electron chi connectivity index (χ3n) is 7.44. The van der Waals surface area contributed by atoms with E-state index < -0.39 is 30.0 Å². The molecule has 194 valence electrons. The van der Waals surface area contributed by atoms with Crippen LogP contribution in [0.25, 0.3) is 0 Å². The number of fused-ring (bicyclic) bond motifs is 2. The van der Waals surface area contributed by atoms with Gasteiger partial charge in [-0.1, -0.05) is 39.7 Å². The van der Waals surface area contributed by atoms with E-state index in [0.29, 0.717) is 23.5 Å². The quantitative estimate of drug-likeness (QED) is 0.525. The van der Waals surface area contributed by atoms with Crippen molar-refractivity contribution in [1.29, 1.82) is 0 Å². The molecule has 2 saturated heterocycles. The SMILES string of the molecule is CC(C)=CCN1c2c(n(C)c(=O)[nH]c2=O)N(CC(F)(F)c2ccc(Br)cc2)C1N1C[C@H]2CCN[C@H]2C1. The third kappa shape index (κ3) is 4.41. The number of nitrogens with one attached hydrogen (secondary N) is 2. The zero-order valence-electron chi connectivity index (χ0n) is 20.6. The van der Waals surface area contributed by atoms with Crippen molar-refractivity contribution in [3.8, 4) is 0 Å². The van der Waals surface area contributed by atoms with Gasteiger partial charge in [-0.15, -0.1) is 0 Å². The van der Waals surface area contributed by atoms with Crippen LogP contribution in [0.15, 0.2) is 50.0 Å². The fraction of sp³-hybridized carbons (Fsp3) is 0.520. The molecular formula is C25H31BrF2N6O2. The summed E-state index contributed by atoms with van der Waals surface area (Å²) < 4.78 is 33.6. The van der Waals surface area contributed by atoms with Crippen molar-refractivity contribution in [3.05, 3.63) is 66.8 Å². The van der Waals surface area contributed by atoms with Gasteiger partial charge >= 0.3 is 5.69 Å². The molecule has 8 nitrogen and oxygen atoms in total. The normalized spacial score (nSPS) is 23.8. The van der Waals surface area contributed by atoms with Crippen LogP contribution in [0.4, 0.5) is 20.3 Å². The number of aromatic amines is 1. The topological polar surface area (TPSA) is 76.6 Å². The zero-order valence-corrected chi connectivity index (χ0v) is 22.2. The summed E-state index contributed by atoms with van der Waals surface area (Å²) in [5.41, 5.74) is -0.0133. The largest absolute Gasteiger partial charge is 0.329 e. The molecule has 0 spiro atoms. The van der Waals surface area contributed by atoms with Crippen molar-refractivity contribution in [2.24, 2.45) is 13.0 Å². The Hall–Kier alpha value is -2.50. The number of H-pyrrole nitrogens is 1. The first-order valence-electron chi connectivity index (χ1n) is 12.2. The van der Waals surface area contributed by atoms with Crippen LogP contribution in [0.1, 0.15) is 25.8 Å². The highest BCUT2D eigenvalue weighted by molar-refractivity contribution is 9.10. The molecule has 0 saturated carbocycles. The van der Waals surface area contributed by atoms with E-state index in [1.807, 2.05) is 24.8 Å². The molecule has 1 unspecified atom stereocenters. The predicted octanol–water partition coefficient (Wildman–Crippen LogP) is 2.80. The van der Waals surface area contributed by atoms with Gasteiger partial charge in [-0.25, -0.2) is 4.79 Å². The van der Waals surface area contributed by atoms with Gasteiger partial charge in [-0.2, -0.15) is 8.78 Å². The fourth-order valence-corrected chi connectivity index (χ4v) is 5.93. The first-order valence-corrected chi connectivity index (χ1v) is 13.0. The number of alkyl halides is 2. The lowest BCUT2D eigenvalue weighted by atomic mass is 10.1. The summed E-state index contributed by atoms with van der Waals surface area (Å²) in [4.78, 5) is 33.7. The highest BCUT2D eigenvalue weighted by atomic mass is 79.9. The summed E-state index contributed by atoms with van der Waals surface area (Å²) >= 11 is 3.31. The molecule has 0 bridgehead atoms. The average molecular weight is 565 g/mol. The summed E-state index contributed by atoms with van der Waals surface area (Å²) in [7, 11) is 1.52. The van der Waals surface area contributed by atoms with E-state index in [0.717, 1.165) is 25.1 Å². The van der Waals surface area contributed by atoms with Crippen LogP contribution in [0.5, 0.6) is 0 Å². The summed E-state index contributed by atoms with van der Waals surface area (Å²) in [5, 5.41) is 3.52. The van der Waals surface area contributed by atoms with Crippen molar-refractivity contribution < 1.29 is 8.78 Å². The maximum absolute atomic E-state index is 15.8. The summed E-state index contributed by atoms with van der Waals surface area (Å²) in [6, 6.07) is 6.27. The molecule has 0 aliphatic carbocycles. The minimum atomic E-state index is -3.23. The molecule has 2 aromatic rings. The molecule has 4 heterocycles. The predicted molar refractivity (Wildman–Crippen MR) is 140 cm³/mol. The number of likely N-dealkylation sites (tertiary alicyclic amines) is 1. The standard InChI is InChI=1S/C25H31BrF2N6O2/c1-15(2)9-11-33-20-21(35)30-23(36)31(3)22(20)34(14-25(27,28)17-4-6-18(26)7-5-17)24(33)32-12-16-8-10-29-19(16)13-32/h4-7,9,16,19,24,29H,8,10-14H2,1-3H3,(H,30,35,36)/t16-,19+,24?/m1/s1. The second-order valence-corrected chi connectivity index (χ2v) is 11.1. The molecule has 2 N–H and O–H groups in total. The van der Waals surface area contributed by atoms with E-state index in [1.54, 1.807) is 17.0 Å². The van der Waals surface area contributed by atoms with Crippen LogP contribution >= 0.6 is 15.9 Å². The van der Waals surface area contributed by atoms with Gasteiger partial charge in [0, 0.05) is 42.8 Å². The lowest BCUT2D eigenvalue weighted by Crippen LogP contribution is -2.57. The maximum Gasteiger partial charge on any atom is 0.329 e. The van der Waals surface area contributed by atoms with Crippen molar-refractivity contribution in [1.82, 2.24) is 19.8 Å². The molecule has 5 rings (SSSR count). The van der Waals surface area contributed by atoms with Crippen molar-refractivity contribution >= 4 is 27.4 Å². The van der Waals surface area contributed by atoms with E-state index in [4.69, 9.17) is 0 Å². The van der Waals surface area contributed by atoms with Gasteiger partial charge in [0.15, 0.2) is 6.29 Å². The third-order valence-corrected chi connectivity index (χ3v) is 7.96. The van der Waals surface area contributed by atoms with Crippen molar-refractivity contribution in [2.75, 3.05) is 42.5 Å². The van der Waals surface area contributed by atoms with Crippen LogP contribution in [0.2, 0.25) is 0 Å². The smallest absolute Gasteiger partial charge is 0.327 e. The van der Waals surface area contributed by atoms with Crippen molar-refractivity contribution in [3.63, 3.8) is 0 Å². The molecule has 1 aromatic carbocycles. The molecule has 1 aromatic heterocycles. The number of nitrogens with zero attached hydrogens (tertiary/aromatic N) is 4. The number of aromatic nitrogens is 2. The summed E-state index contributed by atoms with van der Waals surface area (Å²) in [6.45, 7) is 5.97. The molecule has 3 aliphatic heterocycles. The number of benzene rings is 1. The van der Waals surface area contributed by atoms with Gasteiger partial charge in [0.2, 0.25) is 0 Å². The summed E-state index contributed by atoms with van der Waals surface area (Å²) in [6.07, 6.45) is 2.38. The highest BCUT2D eigenvalue weighted by Gasteiger charge is 2.50. The number of hydrogen-bond donors (Lipinski definition) is 2. The fourth-order valence-electron chi connectivity index (χ4n) is 5.66. The Balaban J connectivity index is 1.63. The molecular weight excluding hydrogens is 534 g/mol. The van der Waals surface area contributed by atoms with Gasteiger partial charge in [-0.05, 0) is 44.9 Å². The minimum Gasteiger partial charge on any atom is -0.327 e. The molecule has 36 heavy (non-hydrogen) atoms. The van der Waals surface area contributed by atoms with Gasteiger partial charge in [0.1, 0.15) is 11.5 Å². The molecule has 0 amide bonds. The Morgan fingerprint density at radius 3 is 2.56 bits per heavy atom. The van der Waals surface area contributed by atoms with Crippen LogP contribution < -0.4 is 26.4 Å². The molecule has 3 aliphatic rings. The van der Waals surface area contributed by atoms with Gasteiger partial charge < -0.3 is 15.1 Å². The van der Waals surface area contributed by atoms with E-state index in [1.165, 1.54) is 23.7 Å². The van der Waals surface area contributed by atoms with E-state index in [9.17, 15) is 9.59 Å². The number of allylic oxidation sites excluding steroid dienone is 1. The van der Waals surface area contributed by atoms with E-state index >= 15 is 8.78 Å². The Morgan fingerprint density at radius 2 is 1.89 bits per heavy atom. The number of halogens is 3. The number of hydrogen-bond acceptors (Lipinski definition) is 6. The van der Waals surface area contributed by atoms with Gasteiger partial charge in [-0.3, -0.25) is 19.2 Å².